The molecule has 4 aliphatic rings. The minimum atomic E-state index is -0.691. The Bertz CT molecular complexity index is 578. The van der Waals surface area contributed by atoms with E-state index in [4.69, 9.17) is 11.5 Å². The Morgan fingerprint density at radius 3 is 2.48 bits per heavy atom. The van der Waals surface area contributed by atoms with Gasteiger partial charge in [0.2, 0.25) is 5.91 Å². The molecule has 0 aromatic carbocycles. The highest BCUT2D eigenvalue weighted by Crippen LogP contribution is 2.29. The first-order valence-corrected chi connectivity index (χ1v) is 12.5. The fourth-order valence-electron chi connectivity index (χ4n) is 6.17. The van der Waals surface area contributed by atoms with Crippen LogP contribution in [0.3, 0.4) is 0 Å². The third-order valence-electron chi connectivity index (χ3n) is 7.80. The number of piperazine rings is 1. The Morgan fingerprint density at radius 1 is 1.03 bits per heavy atom. The average molecular weight is 437 g/mol. The molecule has 0 radical (unpaired) electrons. The molecule has 5 atom stereocenters. The SMILES string of the molecule is CC1CNC(C(C(=O)NC2CNCCC2N2CCNCC2)C(N)N)N(C2CCCC2)C1. The summed E-state index contributed by atoms with van der Waals surface area (Å²) < 4.78 is 0. The maximum Gasteiger partial charge on any atom is 0.229 e. The van der Waals surface area contributed by atoms with Crippen LogP contribution in [0.2, 0.25) is 0 Å². The lowest BCUT2D eigenvalue weighted by atomic mass is 9.92. The molecule has 178 valence electrons. The molecular formula is C22H44N8O. The number of amides is 1. The van der Waals surface area contributed by atoms with Gasteiger partial charge in [-0.25, -0.2) is 0 Å². The van der Waals surface area contributed by atoms with Gasteiger partial charge < -0.3 is 32.7 Å². The van der Waals surface area contributed by atoms with Gasteiger partial charge in [-0.05, 0) is 31.7 Å². The molecule has 4 fully saturated rings. The molecule has 0 spiro atoms. The summed E-state index contributed by atoms with van der Waals surface area (Å²) in [6.45, 7) is 10.1. The number of piperidine rings is 1. The highest BCUT2D eigenvalue weighted by atomic mass is 16.2. The van der Waals surface area contributed by atoms with E-state index in [2.05, 4.69) is 38.0 Å². The van der Waals surface area contributed by atoms with Gasteiger partial charge in [0, 0.05) is 57.9 Å². The molecule has 31 heavy (non-hydrogen) atoms. The molecule has 0 aromatic rings. The number of nitrogens with one attached hydrogen (secondary N) is 4. The summed E-state index contributed by atoms with van der Waals surface area (Å²) in [5.41, 5.74) is 12.5. The van der Waals surface area contributed by atoms with E-state index in [-0.39, 0.29) is 18.1 Å². The molecule has 3 saturated heterocycles. The molecule has 5 unspecified atom stereocenters. The van der Waals surface area contributed by atoms with Gasteiger partial charge in [-0.3, -0.25) is 14.6 Å². The standard InChI is InChI=1S/C22H44N8O/c1-15-12-27-21(30(14-15)16-4-2-3-5-16)19(20(23)24)22(31)28-17-13-26-7-6-18(17)29-10-8-25-9-11-29/h15-21,25-27H,2-14,23-24H2,1H3,(H,28,31). The number of rotatable bonds is 6. The Balaban J connectivity index is 1.46. The van der Waals surface area contributed by atoms with Crippen LogP contribution in [-0.2, 0) is 4.79 Å². The lowest BCUT2D eigenvalue weighted by Gasteiger charge is -2.47. The predicted octanol–water partition coefficient (Wildman–Crippen LogP) is -1.59. The molecule has 8 N–H and O–H groups in total. The highest BCUT2D eigenvalue weighted by Gasteiger charge is 2.43. The zero-order valence-electron chi connectivity index (χ0n) is 19.2. The second-order valence-electron chi connectivity index (χ2n) is 10.2. The molecular weight excluding hydrogens is 392 g/mol. The number of carbonyl (C=O) groups excluding carboxylic acids is 1. The summed E-state index contributed by atoms with van der Waals surface area (Å²) in [6.07, 6.45) is 5.23. The van der Waals surface area contributed by atoms with E-state index in [1.165, 1.54) is 25.7 Å². The number of nitrogens with two attached hydrogens (primary N) is 2. The molecule has 1 saturated carbocycles. The van der Waals surface area contributed by atoms with Crippen LogP contribution in [0.25, 0.3) is 0 Å². The average Bonchev–Trinajstić information content (AvgIpc) is 3.30. The Hall–Kier alpha value is -0.810. The van der Waals surface area contributed by atoms with Crippen LogP contribution in [0, 0.1) is 11.8 Å². The van der Waals surface area contributed by atoms with Gasteiger partial charge in [-0.2, -0.15) is 0 Å². The largest absolute Gasteiger partial charge is 0.350 e. The maximum atomic E-state index is 13.6. The molecule has 9 nitrogen and oxygen atoms in total. The van der Waals surface area contributed by atoms with E-state index >= 15 is 0 Å². The van der Waals surface area contributed by atoms with Crippen LogP contribution in [0.4, 0.5) is 0 Å². The summed E-state index contributed by atoms with van der Waals surface area (Å²) in [7, 11) is 0. The topological polar surface area (TPSA) is 124 Å². The number of nitrogens with zero attached hydrogens (tertiary/aromatic N) is 2. The van der Waals surface area contributed by atoms with Crippen LogP contribution < -0.4 is 32.7 Å². The number of hydrogen-bond acceptors (Lipinski definition) is 8. The number of carbonyl (C=O) groups is 1. The lowest BCUT2D eigenvalue weighted by molar-refractivity contribution is -0.131. The van der Waals surface area contributed by atoms with Crippen molar-refractivity contribution in [3.8, 4) is 0 Å². The van der Waals surface area contributed by atoms with Gasteiger partial charge in [-0.15, -0.1) is 0 Å². The van der Waals surface area contributed by atoms with E-state index in [0.717, 1.165) is 58.8 Å². The summed E-state index contributed by atoms with van der Waals surface area (Å²) in [5.74, 6) is 0.103. The van der Waals surface area contributed by atoms with Crippen molar-refractivity contribution in [1.82, 2.24) is 31.1 Å². The van der Waals surface area contributed by atoms with Crippen LogP contribution in [0.5, 0.6) is 0 Å². The van der Waals surface area contributed by atoms with E-state index in [1.807, 2.05) is 0 Å². The predicted molar refractivity (Wildman–Crippen MR) is 123 cm³/mol. The molecule has 1 amide bonds. The second-order valence-corrected chi connectivity index (χ2v) is 10.2. The third-order valence-corrected chi connectivity index (χ3v) is 7.80. The first-order valence-electron chi connectivity index (χ1n) is 12.5. The summed E-state index contributed by atoms with van der Waals surface area (Å²) >= 11 is 0. The summed E-state index contributed by atoms with van der Waals surface area (Å²) in [6, 6.07) is 0.981. The van der Waals surface area contributed by atoms with Crippen molar-refractivity contribution in [2.24, 2.45) is 23.3 Å². The molecule has 0 aromatic heterocycles. The summed E-state index contributed by atoms with van der Waals surface area (Å²) in [4.78, 5) is 18.7. The second kappa shape index (κ2) is 10.9. The van der Waals surface area contributed by atoms with Gasteiger partial charge >= 0.3 is 0 Å². The molecule has 3 aliphatic heterocycles. The van der Waals surface area contributed by atoms with Crippen molar-refractivity contribution in [3.63, 3.8) is 0 Å². The molecule has 1 aliphatic carbocycles. The van der Waals surface area contributed by atoms with Crippen LogP contribution in [-0.4, -0.2) is 98.5 Å². The normalized spacial score (nSPS) is 35.4. The monoisotopic (exact) mass is 436 g/mol. The summed E-state index contributed by atoms with van der Waals surface area (Å²) in [5, 5.41) is 13.9. The Morgan fingerprint density at radius 2 is 1.77 bits per heavy atom. The van der Waals surface area contributed by atoms with Gasteiger partial charge in [0.25, 0.3) is 0 Å². The molecule has 0 bridgehead atoms. The Labute approximate surface area is 187 Å². The van der Waals surface area contributed by atoms with Crippen molar-refractivity contribution in [1.29, 1.82) is 0 Å². The van der Waals surface area contributed by atoms with Crippen molar-refractivity contribution in [2.75, 3.05) is 52.4 Å². The van der Waals surface area contributed by atoms with E-state index in [1.54, 1.807) is 0 Å². The Kier molecular flexibility index (Phi) is 8.19. The minimum absolute atomic E-state index is 0.00103. The van der Waals surface area contributed by atoms with Crippen molar-refractivity contribution in [3.05, 3.63) is 0 Å². The zero-order valence-corrected chi connectivity index (χ0v) is 19.2. The van der Waals surface area contributed by atoms with E-state index < -0.39 is 12.1 Å². The molecule has 3 heterocycles. The van der Waals surface area contributed by atoms with E-state index in [9.17, 15) is 4.79 Å². The molecule has 9 heteroatoms. The smallest absolute Gasteiger partial charge is 0.229 e. The fraction of sp³-hybridized carbons (Fsp3) is 0.955. The zero-order chi connectivity index (χ0) is 21.8. The van der Waals surface area contributed by atoms with Gasteiger partial charge in [0.15, 0.2) is 0 Å². The lowest BCUT2D eigenvalue weighted by Crippen LogP contribution is -2.69. The number of hydrogen-bond donors (Lipinski definition) is 6. The molecule has 4 rings (SSSR count). The van der Waals surface area contributed by atoms with Crippen molar-refractivity contribution in [2.45, 2.75) is 69.5 Å². The fourth-order valence-corrected chi connectivity index (χ4v) is 6.17. The third kappa shape index (κ3) is 5.58. The van der Waals surface area contributed by atoms with Gasteiger partial charge in [0.05, 0.1) is 24.3 Å². The van der Waals surface area contributed by atoms with E-state index in [0.29, 0.717) is 18.0 Å². The van der Waals surface area contributed by atoms with Crippen LogP contribution >= 0.6 is 0 Å². The highest BCUT2D eigenvalue weighted by molar-refractivity contribution is 5.80. The first-order chi connectivity index (χ1) is 15.0. The quantitative estimate of drug-likeness (QED) is 0.276. The van der Waals surface area contributed by atoms with Crippen LogP contribution in [0.1, 0.15) is 39.0 Å². The first kappa shape index (κ1) is 23.4. The van der Waals surface area contributed by atoms with Crippen LogP contribution in [0.15, 0.2) is 0 Å². The van der Waals surface area contributed by atoms with Gasteiger partial charge in [0.1, 0.15) is 0 Å². The maximum absolute atomic E-state index is 13.6. The minimum Gasteiger partial charge on any atom is -0.350 e. The van der Waals surface area contributed by atoms with Crippen molar-refractivity contribution < 1.29 is 4.79 Å². The van der Waals surface area contributed by atoms with Crippen molar-refractivity contribution >= 4 is 5.91 Å². The van der Waals surface area contributed by atoms with Gasteiger partial charge in [-0.1, -0.05) is 19.8 Å².